The highest BCUT2D eigenvalue weighted by atomic mass is 16.5. The summed E-state index contributed by atoms with van der Waals surface area (Å²) in [7, 11) is 1.53. The van der Waals surface area contributed by atoms with Crippen LogP contribution in [-0.4, -0.2) is 30.5 Å². The van der Waals surface area contributed by atoms with Crippen LogP contribution in [0.15, 0.2) is 78.4 Å². The van der Waals surface area contributed by atoms with E-state index in [1.54, 1.807) is 48.5 Å². The van der Waals surface area contributed by atoms with Gasteiger partial charge in [-0.05, 0) is 60.4 Å². The first-order valence-corrected chi connectivity index (χ1v) is 11.6. The molecule has 0 spiro atoms. The van der Waals surface area contributed by atoms with Crippen LogP contribution >= 0.6 is 0 Å². The number of rotatable bonds is 7. The predicted molar refractivity (Wildman–Crippen MR) is 136 cm³/mol. The van der Waals surface area contributed by atoms with Crippen molar-refractivity contribution in [2.45, 2.75) is 26.8 Å². The van der Waals surface area contributed by atoms with E-state index in [1.807, 2.05) is 31.2 Å². The normalized spacial score (nSPS) is 17.2. The van der Waals surface area contributed by atoms with E-state index >= 15 is 0 Å². The number of hydrogen-bond acceptors (Lipinski definition) is 5. The molecule has 1 aliphatic rings. The van der Waals surface area contributed by atoms with E-state index in [0.29, 0.717) is 35.3 Å². The van der Waals surface area contributed by atoms with Gasteiger partial charge in [0.1, 0.15) is 17.3 Å². The molecule has 3 aromatic rings. The van der Waals surface area contributed by atoms with Crippen LogP contribution in [0.4, 0.5) is 5.69 Å². The van der Waals surface area contributed by atoms with Crippen LogP contribution < -0.4 is 14.4 Å². The molecule has 180 valence electrons. The lowest BCUT2D eigenvalue weighted by Gasteiger charge is -2.27. The number of benzene rings is 3. The number of aliphatic hydroxyl groups is 1. The van der Waals surface area contributed by atoms with Gasteiger partial charge in [0.15, 0.2) is 0 Å². The fraction of sp³-hybridized carbons (Fsp3) is 0.241. The molecule has 0 aliphatic carbocycles. The highest BCUT2D eigenvalue weighted by molar-refractivity contribution is 6.51. The van der Waals surface area contributed by atoms with Gasteiger partial charge in [-0.3, -0.25) is 14.5 Å². The van der Waals surface area contributed by atoms with Crippen molar-refractivity contribution >= 4 is 23.1 Å². The fourth-order valence-electron chi connectivity index (χ4n) is 4.18. The smallest absolute Gasteiger partial charge is 0.300 e. The van der Waals surface area contributed by atoms with Crippen molar-refractivity contribution in [1.82, 2.24) is 0 Å². The summed E-state index contributed by atoms with van der Waals surface area (Å²) >= 11 is 0. The Labute approximate surface area is 205 Å². The standard InChI is InChI=1S/C29H29NO5/c1-18(2)17-35-22-14-12-21(13-15-22)30-26(24-11-6-5-8-19(24)3)25(28(32)29(30)33)27(31)20-9-7-10-23(16-20)34-4/h5-16,18,26,31H,17H2,1-4H3/b27-25+. The van der Waals surface area contributed by atoms with E-state index in [0.717, 1.165) is 11.1 Å². The molecule has 6 nitrogen and oxygen atoms in total. The zero-order valence-electron chi connectivity index (χ0n) is 20.3. The van der Waals surface area contributed by atoms with E-state index < -0.39 is 17.7 Å². The zero-order valence-corrected chi connectivity index (χ0v) is 20.3. The molecule has 0 aromatic heterocycles. The molecular formula is C29H29NO5. The van der Waals surface area contributed by atoms with Crippen LogP contribution in [0.1, 0.15) is 36.6 Å². The Balaban J connectivity index is 1.85. The molecule has 35 heavy (non-hydrogen) atoms. The molecule has 1 amide bonds. The Hall–Kier alpha value is -4.06. The first-order valence-electron chi connectivity index (χ1n) is 11.6. The fourth-order valence-corrected chi connectivity index (χ4v) is 4.18. The number of carbonyl (C=O) groups excluding carboxylic acids is 2. The second kappa shape index (κ2) is 10.1. The highest BCUT2D eigenvalue weighted by Gasteiger charge is 2.47. The van der Waals surface area contributed by atoms with E-state index in [9.17, 15) is 14.7 Å². The van der Waals surface area contributed by atoms with Crippen LogP contribution in [0, 0.1) is 12.8 Å². The van der Waals surface area contributed by atoms with Gasteiger partial charge in [-0.1, -0.05) is 50.2 Å². The number of amides is 1. The second-order valence-electron chi connectivity index (χ2n) is 8.96. The largest absolute Gasteiger partial charge is 0.507 e. The van der Waals surface area contributed by atoms with Gasteiger partial charge in [0, 0.05) is 11.3 Å². The lowest BCUT2D eigenvalue weighted by Crippen LogP contribution is -2.29. The summed E-state index contributed by atoms with van der Waals surface area (Å²) in [6, 6.07) is 20.6. The Morgan fingerprint density at radius 3 is 2.34 bits per heavy atom. The third-order valence-electron chi connectivity index (χ3n) is 5.97. The number of ether oxygens (including phenoxy) is 2. The molecule has 0 bridgehead atoms. The van der Waals surface area contributed by atoms with Gasteiger partial charge in [-0.15, -0.1) is 0 Å². The molecule has 0 saturated carbocycles. The van der Waals surface area contributed by atoms with Crippen LogP contribution in [-0.2, 0) is 9.59 Å². The van der Waals surface area contributed by atoms with Gasteiger partial charge in [-0.25, -0.2) is 0 Å². The van der Waals surface area contributed by atoms with Gasteiger partial charge in [0.2, 0.25) is 0 Å². The van der Waals surface area contributed by atoms with Crippen LogP contribution in [0.2, 0.25) is 0 Å². The third kappa shape index (κ3) is 4.78. The highest BCUT2D eigenvalue weighted by Crippen LogP contribution is 2.43. The van der Waals surface area contributed by atoms with Gasteiger partial charge >= 0.3 is 0 Å². The number of methoxy groups -OCH3 is 1. The molecule has 3 aromatic carbocycles. The van der Waals surface area contributed by atoms with Crippen LogP contribution in [0.5, 0.6) is 11.5 Å². The number of ketones is 1. The van der Waals surface area contributed by atoms with Crippen molar-refractivity contribution in [3.8, 4) is 11.5 Å². The summed E-state index contributed by atoms with van der Waals surface area (Å²) in [5, 5.41) is 11.3. The quantitative estimate of drug-likeness (QED) is 0.273. The Bertz CT molecular complexity index is 1280. The average Bonchev–Trinajstić information content (AvgIpc) is 3.13. The van der Waals surface area contributed by atoms with Gasteiger partial charge < -0.3 is 14.6 Å². The molecule has 1 saturated heterocycles. The van der Waals surface area contributed by atoms with Crippen molar-refractivity contribution < 1.29 is 24.2 Å². The van der Waals surface area contributed by atoms with Crippen molar-refractivity contribution in [2.75, 3.05) is 18.6 Å². The summed E-state index contributed by atoms with van der Waals surface area (Å²) < 4.78 is 11.0. The van der Waals surface area contributed by atoms with E-state index in [-0.39, 0.29) is 11.3 Å². The molecule has 1 unspecified atom stereocenters. The van der Waals surface area contributed by atoms with E-state index in [4.69, 9.17) is 9.47 Å². The summed E-state index contributed by atoms with van der Waals surface area (Å²) in [4.78, 5) is 28.1. The molecular weight excluding hydrogens is 442 g/mol. The Morgan fingerprint density at radius 2 is 1.69 bits per heavy atom. The van der Waals surface area contributed by atoms with Crippen molar-refractivity contribution in [3.63, 3.8) is 0 Å². The minimum Gasteiger partial charge on any atom is -0.507 e. The zero-order chi connectivity index (χ0) is 25.1. The van der Waals surface area contributed by atoms with Crippen molar-refractivity contribution in [3.05, 3.63) is 95.1 Å². The lowest BCUT2D eigenvalue weighted by atomic mass is 9.92. The number of carbonyl (C=O) groups is 2. The molecule has 6 heteroatoms. The summed E-state index contributed by atoms with van der Waals surface area (Å²) in [5.41, 5.74) is 2.65. The van der Waals surface area contributed by atoms with Crippen LogP contribution in [0.25, 0.3) is 5.76 Å². The topological polar surface area (TPSA) is 76.1 Å². The molecule has 4 rings (SSSR count). The summed E-state index contributed by atoms with van der Waals surface area (Å²) in [6.45, 7) is 6.63. The molecule has 1 heterocycles. The molecule has 1 fully saturated rings. The van der Waals surface area contributed by atoms with Gasteiger partial charge in [0.05, 0.1) is 25.3 Å². The number of Topliss-reactive ketones (excluding diaryl/α,β-unsaturated/α-hetero) is 1. The molecule has 0 radical (unpaired) electrons. The first-order chi connectivity index (χ1) is 16.8. The second-order valence-corrected chi connectivity index (χ2v) is 8.96. The monoisotopic (exact) mass is 471 g/mol. The maximum atomic E-state index is 13.3. The van der Waals surface area contributed by atoms with Gasteiger partial charge in [-0.2, -0.15) is 0 Å². The maximum absolute atomic E-state index is 13.3. The minimum absolute atomic E-state index is 0.0395. The molecule has 1 atom stereocenters. The third-order valence-corrected chi connectivity index (χ3v) is 5.97. The molecule has 1 aliphatic heterocycles. The summed E-state index contributed by atoms with van der Waals surface area (Å²) in [6.07, 6.45) is 0. The Kier molecular flexibility index (Phi) is 6.92. The number of hydrogen-bond donors (Lipinski definition) is 1. The van der Waals surface area contributed by atoms with Crippen molar-refractivity contribution in [2.24, 2.45) is 5.92 Å². The average molecular weight is 472 g/mol. The van der Waals surface area contributed by atoms with Crippen molar-refractivity contribution in [1.29, 1.82) is 0 Å². The van der Waals surface area contributed by atoms with E-state index in [1.165, 1.54) is 12.0 Å². The number of aliphatic hydroxyl groups excluding tert-OH is 1. The number of aryl methyl sites for hydroxylation is 1. The van der Waals surface area contributed by atoms with Crippen LogP contribution in [0.3, 0.4) is 0 Å². The SMILES string of the molecule is COc1cccc(/C(O)=C2\C(=O)C(=O)N(c3ccc(OCC(C)C)cc3)C2c2ccccc2C)c1. The number of nitrogens with zero attached hydrogens (tertiary/aromatic N) is 1. The maximum Gasteiger partial charge on any atom is 0.300 e. The first kappa shape index (κ1) is 24.1. The number of anilines is 1. The predicted octanol–water partition coefficient (Wildman–Crippen LogP) is 5.66. The Morgan fingerprint density at radius 1 is 0.971 bits per heavy atom. The van der Waals surface area contributed by atoms with E-state index in [2.05, 4.69) is 13.8 Å². The minimum atomic E-state index is -0.787. The van der Waals surface area contributed by atoms with Gasteiger partial charge in [0.25, 0.3) is 11.7 Å². The summed E-state index contributed by atoms with van der Waals surface area (Å²) in [5.74, 6) is -0.0760. The lowest BCUT2D eigenvalue weighted by molar-refractivity contribution is -0.132. The molecule has 1 N–H and O–H groups in total.